The van der Waals surface area contributed by atoms with Crippen LogP contribution in [-0.2, 0) is 20.6 Å². The van der Waals surface area contributed by atoms with Crippen molar-refractivity contribution in [2.75, 3.05) is 36.2 Å². The van der Waals surface area contributed by atoms with Crippen LogP contribution in [0.5, 0.6) is 0 Å². The zero-order chi connectivity index (χ0) is 25.5. The van der Waals surface area contributed by atoms with E-state index in [-0.39, 0.29) is 29.6 Å². The van der Waals surface area contributed by atoms with Gasteiger partial charge in [-0.3, -0.25) is 4.79 Å². The van der Waals surface area contributed by atoms with Crippen LogP contribution in [0.3, 0.4) is 0 Å². The highest BCUT2D eigenvalue weighted by molar-refractivity contribution is 7.91. The monoisotopic (exact) mass is 510 g/mol. The average Bonchev–Trinajstić information content (AvgIpc) is 2.71. The summed E-state index contributed by atoms with van der Waals surface area (Å²) >= 11 is 0. The number of pyridine rings is 1. The number of amides is 1. The van der Waals surface area contributed by atoms with E-state index < -0.39 is 57.3 Å². The molecule has 0 saturated carbocycles. The fourth-order valence-electron chi connectivity index (χ4n) is 3.44. The molecule has 2 heterocycles. The molecule has 1 aromatic carbocycles. The van der Waals surface area contributed by atoms with Crippen molar-refractivity contribution in [2.24, 2.45) is 0 Å². The molecule has 1 aromatic heterocycles. The third kappa shape index (κ3) is 5.60. The van der Waals surface area contributed by atoms with Crippen LogP contribution >= 0.6 is 0 Å². The van der Waals surface area contributed by atoms with Gasteiger partial charge in [-0.25, -0.2) is 14.0 Å². The number of alkyl halides is 6. The van der Waals surface area contributed by atoms with E-state index in [9.17, 15) is 35.3 Å². The molecule has 2 aromatic rings. The van der Waals surface area contributed by atoms with Gasteiger partial charge in [-0.2, -0.15) is 26.3 Å². The van der Waals surface area contributed by atoms with Crippen molar-refractivity contribution in [3.05, 3.63) is 47.2 Å². The first-order chi connectivity index (χ1) is 15.6. The van der Waals surface area contributed by atoms with Crippen molar-refractivity contribution >= 4 is 27.1 Å². The van der Waals surface area contributed by atoms with Gasteiger partial charge in [0.2, 0.25) is 0 Å². The minimum atomic E-state index is -4.86. The third-order valence-corrected chi connectivity index (χ3v) is 6.28. The van der Waals surface area contributed by atoms with Crippen molar-refractivity contribution in [3.63, 3.8) is 0 Å². The topological polar surface area (TPSA) is 95.4 Å². The van der Waals surface area contributed by atoms with Crippen LogP contribution in [0.15, 0.2) is 35.4 Å². The second kappa shape index (κ2) is 9.06. The minimum absolute atomic E-state index is 0.0437. The Labute approximate surface area is 191 Å². The van der Waals surface area contributed by atoms with Gasteiger partial charge in [0.05, 0.1) is 34.0 Å². The van der Waals surface area contributed by atoms with Crippen molar-refractivity contribution < 1.29 is 40.1 Å². The molecule has 186 valence electrons. The number of carbonyl (C=O) groups excluding carboxylic acids is 1. The zero-order valence-corrected chi connectivity index (χ0v) is 18.7. The smallest absolute Gasteiger partial charge is 0.365 e. The number of rotatable bonds is 4. The molecular formula is C20H20F6N4O3S. The summed E-state index contributed by atoms with van der Waals surface area (Å²) in [4.78, 5) is 17.9. The van der Waals surface area contributed by atoms with Crippen molar-refractivity contribution in [1.29, 1.82) is 4.78 Å². The maximum absolute atomic E-state index is 13.5. The molecule has 14 heteroatoms. The highest BCUT2D eigenvalue weighted by Crippen LogP contribution is 2.37. The van der Waals surface area contributed by atoms with Crippen LogP contribution in [0.1, 0.15) is 21.5 Å². The number of nitrogens with zero attached hydrogens (tertiary/aromatic N) is 2. The van der Waals surface area contributed by atoms with Gasteiger partial charge >= 0.3 is 12.4 Å². The molecule has 1 unspecified atom stereocenters. The van der Waals surface area contributed by atoms with Crippen molar-refractivity contribution in [1.82, 2.24) is 4.98 Å². The van der Waals surface area contributed by atoms with E-state index in [2.05, 4.69) is 10.3 Å². The summed E-state index contributed by atoms with van der Waals surface area (Å²) in [6.07, 6.45) is -10.1. The Morgan fingerprint density at radius 2 is 1.94 bits per heavy atom. The molecule has 0 aliphatic carbocycles. The number of nitrogens with one attached hydrogen (secondary N) is 2. The lowest BCUT2D eigenvalue weighted by Crippen LogP contribution is -2.50. The molecule has 0 radical (unpaired) electrons. The highest BCUT2D eigenvalue weighted by atomic mass is 32.2. The molecule has 1 fully saturated rings. The molecule has 2 atom stereocenters. The molecule has 1 saturated heterocycles. The van der Waals surface area contributed by atoms with Crippen molar-refractivity contribution in [2.45, 2.75) is 30.3 Å². The van der Waals surface area contributed by atoms with Gasteiger partial charge in [0.15, 0.2) is 6.10 Å². The van der Waals surface area contributed by atoms with Gasteiger partial charge in [0.25, 0.3) is 5.91 Å². The van der Waals surface area contributed by atoms with Crippen molar-refractivity contribution in [3.8, 4) is 0 Å². The summed E-state index contributed by atoms with van der Waals surface area (Å²) in [6, 6.07) is 5.39. The van der Waals surface area contributed by atoms with E-state index in [0.717, 1.165) is 18.1 Å². The lowest BCUT2D eigenvalue weighted by Gasteiger charge is -2.35. The van der Waals surface area contributed by atoms with Crippen LogP contribution in [-0.4, -0.2) is 53.3 Å². The number of halogens is 6. The number of morpholine rings is 1. The Morgan fingerprint density at radius 3 is 2.53 bits per heavy atom. The van der Waals surface area contributed by atoms with E-state index in [1.807, 2.05) is 0 Å². The minimum Gasteiger partial charge on any atom is -0.365 e. The number of ether oxygens (including phenoxy) is 1. The Kier molecular flexibility index (Phi) is 6.86. The standard InChI is InChI=1S/C20H20F6N4O3S/c1-11-14(19(21,22)23)9-28-17(30-6-7-33-15(10-30)20(24,25)26)16(11)18(31)29-12-4-3-5-13(8-12)34(2,27)32/h3-5,8-9,15,27H,6-7,10H2,1-2H3,(H,29,31)/t15-,34?/m1/s1. The maximum Gasteiger partial charge on any atom is 0.418 e. The fraction of sp³-hybridized carbons (Fsp3) is 0.400. The average molecular weight is 510 g/mol. The second-order valence-electron chi connectivity index (χ2n) is 7.67. The SMILES string of the molecule is Cc1c(C(F)(F)F)cnc(N2CCO[C@@H](C(F)(F)F)C2)c1C(=O)Nc1cccc(S(C)(=N)=O)c1. The maximum atomic E-state index is 13.5. The number of aromatic nitrogens is 1. The van der Waals surface area contributed by atoms with Crippen LogP contribution < -0.4 is 10.2 Å². The van der Waals surface area contributed by atoms with E-state index in [4.69, 9.17) is 9.52 Å². The molecule has 1 aliphatic heterocycles. The first-order valence-electron chi connectivity index (χ1n) is 9.74. The van der Waals surface area contributed by atoms with E-state index >= 15 is 0 Å². The molecule has 3 rings (SSSR count). The number of anilines is 2. The lowest BCUT2D eigenvalue weighted by atomic mass is 10.0. The van der Waals surface area contributed by atoms with E-state index in [1.54, 1.807) is 0 Å². The predicted octanol–water partition coefficient (Wildman–Crippen LogP) is 4.46. The van der Waals surface area contributed by atoms with Crippen LogP contribution in [0.4, 0.5) is 37.8 Å². The van der Waals surface area contributed by atoms with E-state index in [0.29, 0.717) is 6.20 Å². The quantitative estimate of drug-likeness (QED) is 0.593. The van der Waals surface area contributed by atoms with Gasteiger partial charge in [-0.15, -0.1) is 0 Å². The Bertz CT molecular complexity index is 1200. The summed E-state index contributed by atoms with van der Waals surface area (Å²) in [5, 5.41) is 2.38. The molecule has 0 spiro atoms. The zero-order valence-electron chi connectivity index (χ0n) is 17.9. The molecule has 1 aliphatic rings. The molecule has 0 bridgehead atoms. The highest BCUT2D eigenvalue weighted by Gasteiger charge is 2.44. The van der Waals surface area contributed by atoms with Gasteiger partial charge in [0.1, 0.15) is 5.82 Å². The van der Waals surface area contributed by atoms with Gasteiger partial charge in [0, 0.05) is 29.6 Å². The van der Waals surface area contributed by atoms with E-state index in [1.165, 1.54) is 24.3 Å². The first kappa shape index (κ1) is 25.7. The second-order valence-corrected chi connectivity index (χ2v) is 9.82. The molecule has 34 heavy (non-hydrogen) atoms. The Balaban J connectivity index is 2.06. The lowest BCUT2D eigenvalue weighted by molar-refractivity contribution is -0.221. The number of hydrogen-bond acceptors (Lipinski definition) is 6. The Morgan fingerprint density at radius 1 is 1.26 bits per heavy atom. The van der Waals surface area contributed by atoms with Gasteiger partial charge < -0.3 is 15.0 Å². The molecule has 7 nitrogen and oxygen atoms in total. The van der Waals surface area contributed by atoms with Crippen LogP contribution in [0.2, 0.25) is 0 Å². The normalized spacial score (nSPS) is 18.9. The summed E-state index contributed by atoms with van der Waals surface area (Å²) < 4.78 is 104. The summed E-state index contributed by atoms with van der Waals surface area (Å²) in [6.45, 7) is -0.224. The molecule has 2 N–H and O–H groups in total. The fourth-order valence-corrected chi connectivity index (χ4v) is 4.13. The molecule has 1 amide bonds. The van der Waals surface area contributed by atoms with Crippen LogP contribution in [0, 0.1) is 11.7 Å². The number of hydrogen-bond donors (Lipinski definition) is 2. The van der Waals surface area contributed by atoms with Crippen LogP contribution in [0.25, 0.3) is 0 Å². The third-order valence-electron chi connectivity index (χ3n) is 5.12. The summed E-state index contributed by atoms with van der Waals surface area (Å²) in [5.41, 5.74) is -2.23. The number of carbonyl (C=O) groups is 1. The van der Waals surface area contributed by atoms with Gasteiger partial charge in [-0.1, -0.05) is 6.07 Å². The van der Waals surface area contributed by atoms with Gasteiger partial charge in [-0.05, 0) is 30.7 Å². The molecular weight excluding hydrogens is 490 g/mol. The summed E-state index contributed by atoms with van der Waals surface area (Å²) in [7, 11) is -3.15. The predicted molar refractivity (Wildman–Crippen MR) is 111 cm³/mol. The summed E-state index contributed by atoms with van der Waals surface area (Å²) in [5.74, 6) is -1.40. The first-order valence-corrected chi connectivity index (χ1v) is 11.7. The largest absolute Gasteiger partial charge is 0.418 e. The Hall–Kier alpha value is -2.87. The number of benzene rings is 1.